The zero-order valence-electron chi connectivity index (χ0n) is 8.33. The molecule has 0 saturated carbocycles. The summed E-state index contributed by atoms with van der Waals surface area (Å²) in [5.74, 6) is 0.0784. The predicted octanol–water partition coefficient (Wildman–Crippen LogP) is 0.920. The van der Waals surface area contributed by atoms with Gasteiger partial charge in [-0.2, -0.15) is 0 Å². The van der Waals surface area contributed by atoms with Gasteiger partial charge in [-0.15, -0.1) is 0 Å². The molecule has 5 nitrogen and oxygen atoms in total. The summed E-state index contributed by atoms with van der Waals surface area (Å²) in [5.41, 5.74) is 0. The van der Waals surface area contributed by atoms with Gasteiger partial charge in [0.2, 0.25) is 0 Å². The van der Waals surface area contributed by atoms with Crippen LogP contribution >= 0.6 is 0 Å². The Bertz CT molecular complexity index is 342. The van der Waals surface area contributed by atoms with Crippen LogP contribution in [0.1, 0.15) is 19.3 Å². The number of anilines is 1. The lowest BCUT2D eigenvalue weighted by atomic mass is 10.1. The molecular weight excluding hydrogens is 194 g/mol. The summed E-state index contributed by atoms with van der Waals surface area (Å²) in [5, 5.41) is 8.78. The third kappa shape index (κ3) is 2.23. The van der Waals surface area contributed by atoms with Crippen LogP contribution in [0.5, 0.6) is 0 Å². The number of carboxylic acids is 1. The van der Waals surface area contributed by atoms with Crippen LogP contribution in [0.25, 0.3) is 0 Å². The first-order valence-electron chi connectivity index (χ1n) is 5.02. The van der Waals surface area contributed by atoms with E-state index in [0.29, 0.717) is 0 Å². The SMILES string of the molecule is O=C(O)CC1CCCN1c1ccncn1. The number of hydrogen-bond donors (Lipinski definition) is 1. The van der Waals surface area contributed by atoms with Crippen molar-refractivity contribution in [3.05, 3.63) is 18.6 Å². The topological polar surface area (TPSA) is 66.3 Å². The van der Waals surface area contributed by atoms with Gasteiger partial charge in [-0.1, -0.05) is 0 Å². The van der Waals surface area contributed by atoms with Gasteiger partial charge in [-0.05, 0) is 18.9 Å². The Morgan fingerprint density at radius 1 is 1.67 bits per heavy atom. The zero-order valence-corrected chi connectivity index (χ0v) is 8.33. The van der Waals surface area contributed by atoms with Gasteiger partial charge in [-0.25, -0.2) is 9.97 Å². The molecule has 0 amide bonds. The second kappa shape index (κ2) is 4.25. The molecule has 1 aromatic heterocycles. The second-order valence-electron chi connectivity index (χ2n) is 3.65. The van der Waals surface area contributed by atoms with Crippen molar-refractivity contribution in [1.29, 1.82) is 0 Å². The van der Waals surface area contributed by atoms with E-state index < -0.39 is 5.97 Å². The minimum atomic E-state index is -0.749. The van der Waals surface area contributed by atoms with E-state index in [1.54, 1.807) is 6.20 Å². The number of carbonyl (C=O) groups is 1. The molecule has 1 saturated heterocycles. The number of aliphatic carboxylic acids is 1. The predicted molar refractivity (Wildman–Crippen MR) is 54.7 cm³/mol. The van der Waals surface area contributed by atoms with Crippen LogP contribution in [0, 0.1) is 0 Å². The third-order valence-electron chi connectivity index (χ3n) is 2.65. The Labute approximate surface area is 87.8 Å². The Morgan fingerprint density at radius 3 is 3.20 bits per heavy atom. The number of nitrogens with zero attached hydrogens (tertiary/aromatic N) is 3. The van der Waals surface area contributed by atoms with Crippen molar-refractivity contribution in [2.75, 3.05) is 11.4 Å². The van der Waals surface area contributed by atoms with E-state index in [1.807, 2.05) is 6.07 Å². The van der Waals surface area contributed by atoms with E-state index in [2.05, 4.69) is 14.9 Å². The molecule has 1 N–H and O–H groups in total. The Morgan fingerprint density at radius 2 is 2.53 bits per heavy atom. The maximum atomic E-state index is 10.7. The first-order valence-corrected chi connectivity index (χ1v) is 5.02. The Hall–Kier alpha value is -1.65. The molecule has 1 fully saturated rings. The molecule has 0 aliphatic carbocycles. The lowest BCUT2D eigenvalue weighted by Crippen LogP contribution is -2.31. The zero-order chi connectivity index (χ0) is 10.7. The van der Waals surface area contributed by atoms with Crippen molar-refractivity contribution >= 4 is 11.8 Å². The van der Waals surface area contributed by atoms with Crippen LogP contribution < -0.4 is 4.90 Å². The average molecular weight is 207 g/mol. The highest BCUT2D eigenvalue weighted by atomic mass is 16.4. The molecule has 2 heterocycles. The van der Waals surface area contributed by atoms with Crippen LogP contribution in [0.3, 0.4) is 0 Å². The van der Waals surface area contributed by atoms with Gasteiger partial charge < -0.3 is 10.0 Å². The van der Waals surface area contributed by atoms with Crippen molar-refractivity contribution < 1.29 is 9.90 Å². The lowest BCUT2D eigenvalue weighted by molar-refractivity contribution is -0.137. The number of aromatic nitrogens is 2. The quantitative estimate of drug-likeness (QED) is 0.798. The molecule has 1 aliphatic rings. The van der Waals surface area contributed by atoms with Crippen molar-refractivity contribution in [1.82, 2.24) is 9.97 Å². The van der Waals surface area contributed by atoms with Crippen LogP contribution in [0.2, 0.25) is 0 Å². The van der Waals surface area contributed by atoms with Crippen LogP contribution in [-0.2, 0) is 4.79 Å². The van der Waals surface area contributed by atoms with Crippen molar-refractivity contribution in [2.24, 2.45) is 0 Å². The summed E-state index contributed by atoms with van der Waals surface area (Å²) in [6.07, 6.45) is 5.31. The number of hydrogen-bond acceptors (Lipinski definition) is 4. The molecule has 1 aliphatic heterocycles. The highest BCUT2D eigenvalue weighted by Gasteiger charge is 2.27. The first-order chi connectivity index (χ1) is 7.27. The van der Waals surface area contributed by atoms with E-state index in [-0.39, 0.29) is 12.5 Å². The maximum absolute atomic E-state index is 10.7. The van der Waals surface area contributed by atoms with Crippen molar-refractivity contribution in [3.63, 3.8) is 0 Å². The monoisotopic (exact) mass is 207 g/mol. The number of carboxylic acid groups (broad SMARTS) is 1. The normalized spacial score (nSPS) is 20.5. The molecular formula is C10H13N3O2. The fourth-order valence-electron chi connectivity index (χ4n) is 2.00. The minimum absolute atomic E-state index is 0.0809. The van der Waals surface area contributed by atoms with Crippen LogP contribution in [-0.4, -0.2) is 33.6 Å². The molecule has 0 spiro atoms. The van der Waals surface area contributed by atoms with Gasteiger partial charge in [0.05, 0.1) is 6.42 Å². The first kappa shape index (κ1) is 9.89. The highest BCUT2D eigenvalue weighted by Crippen LogP contribution is 2.24. The minimum Gasteiger partial charge on any atom is -0.481 e. The summed E-state index contributed by atoms with van der Waals surface area (Å²) < 4.78 is 0. The van der Waals surface area contributed by atoms with Gasteiger partial charge in [0.15, 0.2) is 0 Å². The average Bonchev–Trinajstić information content (AvgIpc) is 2.66. The summed E-state index contributed by atoms with van der Waals surface area (Å²) in [6.45, 7) is 0.884. The highest BCUT2D eigenvalue weighted by molar-refractivity contribution is 5.68. The Balaban J connectivity index is 2.11. The van der Waals surface area contributed by atoms with Crippen molar-refractivity contribution in [3.8, 4) is 0 Å². The Kier molecular flexibility index (Phi) is 2.80. The molecule has 0 bridgehead atoms. The third-order valence-corrected chi connectivity index (χ3v) is 2.65. The van der Waals surface area contributed by atoms with E-state index in [1.165, 1.54) is 6.33 Å². The smallest absolute Gasteiger partial charge is 0.305 e. The van der Waals surface area contributed by atoms with Gasteiger partial charge in [0, 0.05) is 18.8 Å². The standard InChI is InChI=1S/C10H13N3O2/c14-10(15)6-8-2-1-5-13(8)9-3-4-11-7-12-9/h3-4,7-8H,1-2,5-6H2,(H,14,15). The largest absolute Gasteiger partial charge is 0.481 e. The molecule has 5 heteroatoms. The molecule has 2 rings (SSSR count). The molecule has 1 unspecified atom stereocenters. The van der Waals surface area contributed by atoms with E-state index >= 15 is 0 Å². The van der Waals surface area contributed by atoms with Crippen LogP contribution in [0.15, 0.2) is 18.6 Å². The van der Waals surface area contributed by atoms with Crippen molar-refractivity contribution in [2.45, 2.75) is 25.3 Å². The molecule has 0 radical (unpaired) electrons. The van der Waals surface area contributed by atoms with Gasteiger partial charge in [-0.3, -0.25) is 4.79 Å². The summed E-state index contributed by atoms with van der Waals surface area (Å²) in [6, 6.07) is 1.90. The van der Waals surface area contributed by atoms with E-state index in [0.717, 1.165) is 25.2 Å². The molecule has 80 valence electrons. The summed E-state index contributed by atoms with van der Waals surface area (Å²) in [4.78, 5) is 20.7. The fourth-order valence-corrected chi connectivity index (χ4v) is 2.00. The maximum Gasteiger partial charge on any atom is 0.305 e. The van der Waals surface area contributed by atoms with Gasteiger partial charge in [0.25, 0.3) is 0 Å². The van der Waals surface area contributed by atoms with Crippen LogP contribution in [0.4, 0.5) is 5.82 Å². The second-order valence-corrected chi connectivity index (χ2v) is 3.65. The lowest BCUT2D eigenvalue weighted by Gasteiger charge is -2.23. The summed E-state index contributed by atoms with van der Waals surface area (Å²) >= 11 is 0. The number of rotatable bonds is 3. The van der Waals surface area contributed by atoms with E-state index in [4.69, 9.17) is 5.11 Å². The van der Waals surface area contributed by atoms with E-state index in [9.17, 15) is 4.79 Å². The molecule has 15 heavy (non-hydrogen) atoms. The fraction of sp³-hybridized carbons (Fsp3) is 0.500. The molecule has 1 atom stereocenters. The van der Waals surface area contributed by atoms with Gasteiger partial charge >= 0.3 is 5.97 Å². The molecule has 0 aromatic carbocycles. The molecule has 1 aromatic rings. The summed E-state index contributed by atoms with van der Waals surface area (Å²) in [7, 11) is 0. The van der Waals surface area contributed by atoms with Gasteiger partial charge in [0.1, 0.15) is 12.1 Å².